The van der Waals surface area contributed by atoms with E-state index >= 15 is 0 Å². The first kappa shape index (κ1) is 28.9. The van der Waals surface area contributed by atoms with Crippen LogP contribution in [0.1, 0.15) is 74.4 Å². The Labute approximate surface area is 256 Å². The molecule has 1 aliphatic rings. The number of oxazole rings is 1. The van der Waals surface area contributed by atoms with Crippen LogP contribution in [0.3, 0.4) is 0 Å². The molecular weight excluding hydrogens is 558 g/mol. The standard InChI is InChI=1S/C35H37N3O4S/c1-35(2,3)26-13-9-24(10-14-26)21-41-28-17-18-29-31(19-28)42-32(36-29)30-22-43-34(37-30)38(20-23-7-5-4-6-8-23)27-15-11-25(12-16-27)33(39)40/h9-19,22-23H,4-8,20-21H2,1-3H3,(H,39,40). The second kappa shape index (κ2) is 12.2. The molecule has 7 nitrogen and oxygen atoms in total. The van der Waals surface area contributed by atoms with E-state index in [0.717, 1.165) is 34.2 Å². The number of hydrogen-bond donors (Lipinski definition) is 1. The summed E-state index contributed by atoms with van der Waals surface area (Å²) in [6.45, 7) is 7.94. The van der Waals surface area contributed by atoms with Gasteiger partial charge in [-0.15, -0.1) is 11.3 Å². The Morgan fingerprint density at radius 1 is 1.00 bits per heavy atom. The largest absolute Gasteiger partial charge is 0.489 e. The van der Waals surface area contributed by atoms with Crippen LogP contribution in [0.4, 0.5) is 10.8 Å². The van der Waals surface area contributed by atoms with Gasteiger partial charge in [0.25, 0.3) is 0 Å². The fourth-order valence-electron chi connectivity index (χ4n) is 5.56. The monoisotopic (exact) mass is 595 g/mol. The van der Waals surface area contributed by atoms with Crippen molar-refractivity contribution in [3.05, 3.63) is 88.8 Å². The maximum atomic E-state index is 11.4. The van der Waals surface area contributed by atoms with E-state index < -0.39 is 5.97 Å². The van der Waals surface area contributed by atoms with Crippen molar-refractivity contribution in [3.63, 3.8) is 0 Å². The van der Waals surface area contributed by atoms with Gasteiger partial charge in [0.1, 0.15) is 23.6 Å². The zero-order valence-corrected chi connectivity index (χ0v) is 25.7. The Morgan fingerprint density at radius 3 is 2.44 bits per heavy atom. The number of nitrogens with zero attached hydrogens (tertiary/aromatic N) is 3. The molecule has 5 aromatic rings. The minimum Gasteiger partial charge on any atom is -0.489 e. The lowest BCUT2D eigenvalue weighted by Crippen LogP contribution is -2.26. The maximum absolute atomic E-state index is 11.4. The number of ether oxygens (including phenoxy) is 1. The average Bonchev–Trinajstić information content (AvgIpc) is 3.67. The third kappa shape index (κ3) is 6.75. The number of hydrogen-bond acceptors (Lipinski definition) is 7. The summed E-state index contributed by atoms with van der Waals surface area (Å²) in [7, 11) is 0. The van der Waals surface area contributed by atoms with Crippen LogP contribution >= 0.6 is 11.3 Å². The molecule has 1 aliphatic carbocycles. The fourth-order valence-corrected chi connectivity index (χ4v) is 6.39. The fraction of sp³-hybridized carbons (Fsp3) is 0.343. The van der Waals surface area contributed by atoms with E-state index in [1.165, 1.54) is 37.7 Å². The SMILES string of the molecule is CC(C)(C)c1ccc(COc2ccc3nc(-c4csc(N(CC5CCCCC5)c5ccc(C(=O)O)cc5)n4)oc3c2)cc1. The van der Waals surface area contributed by atoms with Crippen molar-refractivity contribution < 1.29 is 19.1 Å². The molecule has 0 aliphatic heterocycles. The minimum absolute atomic E-state index is 0.119. The van der Waals surface area contributed by atoms with E-state index in [4.69, 9.17) is 19.1 Å². The van der Waals surface area contributed by atoms with Crippen LogP contribution in [0, 0.1) is 5.92 Å². The summed E-state index contributed by atoms with van der Waals surface area (Å²) >= 11 is 1.54. The summed E-state index contributed by atoms with van der Waals surface area (Å²) in [5, 5.41) is 12.2. The molecule has 1 N–H and O–H groups in total. The van der Waals surface area contributed by atoms with Gasteiger partial charge in [0.2, 0.25) is 5.89 Å². The van der Waals surface area contributed by atoms with Crippen LogP contribution in [0.15, 0.2) is 76.5 Å². The Bertz CT molecular complexity index is 1690. The number of benzene rings is 3. The zero-order valence-electron chi connectivity index (χ0n) is 24.9. The van der Waals surface area contributed by atoms with Crippen molar-refractivity contribution in [2.45, 2.75) is 64.9 Å². The Hall–Kier alpha value is -4.17. The topological polar surface area (TPSA) is 88.7 Å². The molecule has 222 valence electrons. The van der Waals surface area contributed by atoms with Crippen LogP contribution in [-0.4, -0.2) is 27.6 Å². The molecule has 0 saturated heterocycles. The third-order valence-corrected chi connectivity index (χ3v) is 8.98. The van der Waals surface area contributed by atoms with Crippen LogP contribution in [0.2, 0.25) is 0 Å². The highest BCUT2D eigenvalue weighted by molar-refractivity contribution is 7.14. The van der Waals surface area contributed by atoms with E-state index in [-0.39, 0.29) is 11.0 Å². The van der Waals surface area contributed by atoms with E-state index in [1.807, 2.05) is 35.7 Å². The molecule has 2 heterocycles. The van der Waals surface area contributed by atoms with Gasteiger partial charge in [-0.05, 0) is 71.7 Å². The third-order valence-electron chi connectivity index (χ3n) is 8.12. The van der Waals surface area contributed by atoms with Gasteiger partial charge in [0, 0.05) is 23.7 Å². The van der Waals surface area contributed by atoms with Gasteiger partial charge < -0.3 is 19.2 Å². The van der Waals surface area contributed by atoms with Gasteiger partial charge in [-0.1, -0.05) is 64.3 Å². The molecule has 0 amide bonds. The van der Waals surface area contributed by atoms with E-state index in [9.17, 15) is 9.90 Å². The molecule has 8 heteroatoms. The molecule has 1 saturated carbocycles. The summed E-state index contributed by atoms with van der Waals surface area (Å²) in [6.07, 6.45) is 6.18. The number of thiazole rings is 1. The number of carboxylic acid groups (broad SMARTS) is 1. The highest BCUT2D eigenvalue weighted by atomic mass is 32.1. The summed E-state index contributed by atoms with van der Waals surface area (Å²) in [5.74, 6) is 0.824. The molecule has 3 aromatic carbocycles. The quantitative estimate of drug-likeness (QED) is 0.182. The van der Waals surface area contributed by atoms with Crippen LogP contribution < -0.4 is 9.64 Å². The number of rotatable bonds is 9. The average molecular weight is 596 g/mol. The number of aromatic nitrogens is 2. The van der Waals surface area contributed by atoms with E-state index in [0.29, 0.717) is 29.7 Å². The minimum atomic E-state index is -0.929. The molecule has 43 heavy (non-hydrogen) atoms. The van der Waals surface area contributed by atoms with Crippen molar-refractivity contribution in [2.24, 2.45) is 5.92 Å². The first-order valence-electron chi connectivity index (χ1n) is 14.9. The van der Waals surface area contributed by atoms with Crippen LogP contribution in [-0.2, 0) is 12.0 Å². The predicted octanol–water partition coefficient (Wildman–Crippen LogP) is 9.24. The highest BCUT2D eigenvalue weighted by Gasteiger charge is 2.23. The molecule has 0 spiro atoms. The maximum Gasteiger partial charge on any atom is 0.335 e. The molecule has 6 rings (SSSR count). The highest BCUT2D eigenvalue weighted by Crippen LogP contribution is 2.36. The number of anilines is 2. The number of aromatic carboxylic acids is 1. The molecule has 1 fully saturated rings. The molecule has 0 bridgehead atoms. The van der Waals surface area contributed by atoms with E-state index in [1.54, 1.807) is 23.5 Å². The second-order valence-electron chi connectivity index (χ2n) is 12.4. The van der Waals surface area contributed by atoms with Crippen LogP contribution in [0.5, 0.6) is 5.75 Å². The molecular formula is C35H37N3O4S. The van der Waals surface area contributed by atoms with Gasteiger partial charge in [0.15, 0.2) is 10.7 Å². The first-order chi connectivity index (χ1) is 20.7. The normalized spacial score (nSPS) is 14.2. The Morgan fingerprint density at radius 2 is 1.74 bits per heavy atom. The lowest BCUT2D eigenvalue weighted by atomic mass is 9.87. The van der Waals surface area contributed by atoms with Crippen molar-refractivity contribution in [3.8, 4) is 17.3 Å². The lowest BCUT2D eigenvalue weighted by molar-refractivity contribution is 0.0697. The second-order valence-corrected chi connectivity index (χ2v) is 13.2. The van der Waals surface area contributed by atoms with Gasteiger partial charge in [-0.3, -0.25) is 0 Å². The summed E-state index contributed by atoms with van der Waals surface area (Å²) in [5.41, 5.74) is 5.80. The molecule has 0 atom stereocenters. The van der Waals surface area contributed by atoms with E-state index in [2.05, 4.69) is 49.9 Å². The smallest absolute Gasteiger partial charge is 0.335 e. The zero-order chi connectivity index (χ0) is 30.0. The van der Waals surface area contributed by atoms with Gasteiger partial charge in [-0.25, -0.2) is 14.8 Å². The Balaban J connectivity index is 1.20. The van der Waals surface area contributed by atoms with Gasteiger partial charge >= 0.3 is 5.97 Å². The van der Waals surface area contributed by atoms with Crippen molar-refractivity contribution in [2.75, 3.05) is 11.4 Å². The van der Waals surface area contributed by atoms with Crippen molar-refractivity contribution in [1.82, 2.24) is 9.97 Å². The summed E-state index contributed by atoms with van der Waals surface area (Å²) in [6, 6.07) is 21.3. The molecule has 0 unspecified atom stereocenters. The lowest BCUT2D eigenvalue weighted by Gasteiger charge is -2.29. The van der Waals surface area contributed by atoms with Gasteiger partial charge in [0.05, 0.1) is 5.56 Å². The van der Waals surface area contributed by atoms with Crippen molar-refractivity contribution >= 4 is 39.2 Å². The Kier molecular flexibility index (Phi) is 8.21. The van der Waals surface area contributed by atoms with Crippen LogP contribution in [0.25, 0.3) is 22.7 Å². The first-order valence-corrected chi connectivity index (χ1v) is 15.8. The predicted molar refractivity (Wildman–Crippen MR) is 172 cm³/mol. The molecule has 0 radical (unpaired) electrons. The number of carboxylic acids is 1. The molecule has 2 aromatic heterocycles. The number of fused-ring (bicyclic) bond motifs is 1. The summed E-state index contributed by atoms with van der Waals surface area (Å²) < 4.78 is 12.2. The van der Waals surface area contributed by atoms with Crippen molar-refractivity contribution in [1.29, 1.82) is 0 Å². The summed E-state index contributed by atoms with van der Waals surface area (Å²) in [4.78, 5) is 23.3. The number of carbonyl (C=O) groups is 1. The van der Waals surface area contributed by atoms with Gasteiger partial charge in [-0.2, -0.15) is 0 Å².